The zero-order valence-electron chi connectivity index (χ0n) is 9.50. The highest BCUT2D eigenvalue weighted by molar-refractivity contribution is 9.10. The third-order valence-electron chi connectivity index (χ3n) is 2.36. The van der Waals surface area contributed by atoms with E-state index in [1.54, 1.807) is 18.2 Å². The average Bonchev–Trinajstić information content (AvgIpc) is 2.60. The van der Waals surface area contributed by atoms with Gasteiger partial charge in [-0.15, -0.1) is 0 Å². The van der Waals surface area contributed by atoms with Crippen LogP contribution >= 0.6 is 27.7 Å². The second kappa shape index (κ2) is 5.58. The lowest BCUT2D eigenvalue weighted by Gasteiger charge is -2.07. The fourth-order valence-corrected chi connectivity index (χ4v) is 2.73. The van der Waals surface area contributed by atoms with Crippen LogP contribution in [0.1, 0.15) is 5.56 Å². The van der Waals surface area contributed by atoms with Crippen molar-refractivity contribution >= 4 is 50.9 Å². The number of carboxylic acid groups (broad SMARTS) is 1. The molecule has 0 bridgehead atoms. The molecule has 2 amide bonds. The number of carbonyl (C=O) groups excluding carboxylic acids is 2. The van der Waals surface area contributed by atoms with E-state index in [0.717, 1.165) is 26.7 Å². The number of carboxylic acids is 1. The molecule has 0 atom stereocenters. The predicted octanol–water partition coefficient (Wildman–Crippen LogP) is 2.57. The monoisotopic (exact) mass is 341 g/mol. The van der Waals surface area contributed by atoms with Gasteiger partial charge in [0.05, 0.1) is 4.91 Å². The van der Waals surface area contributed by atoms with Crippen LogP contribution in [-0.2, 0) is 9.59 Å². The van der Waals surface area contributed by atoms with Gasteiger partial charge in [-0.1, -0.05) is 34.1 Å². The van der Waals surface area contributed by atoms with Crippen LogP contribution in [0, 0.1) is 0 Å². The first-order chi connectivity index (χ1) is 8.99. The molecule has 0 radical (unpaired) electrons. The van der Waals surface area contributed by atoms with E-state index in [1.165, 1.54) is 0 Å². The number of rotatable bonds is 3. The first-order valence-electron chi connectivity index (χ1n) is 5.20. The molecule has 2 rings (SSSR count). The van der Waals surface area contributed by atoms with Crippen molar-refractivity contribution in [2.24, 2.45) is 0 Å². The van der Waals surface area contributed by atoms with E-state index in [0.29, 0.717) is 0 Å². The van der Waals surface area contributed by atoms with Gasteiger partial charge in [0, 0.05) is 4.47 Å². The average molecular weight is 342 g/mol. The Morgan fingerprint density at radius 2 is 2.05 bits per heavy atom. The van der Waals surface area contributed by atoms with Gasteiger partial charge >= 0.3 is 5.97 Å². The van der Waals surface area contributed by atoms with Crippen LogP contribution in [0.2, 0.25) is 0 Å². The number of halogens is 1. The Labute approximate surface area is 121 Å². The molecule has 7 heteroatoms. The molecule has 19 heavy (non-hydrogen) atoms. The van der Waals surface area contributed by atoms with Gasteiger partial charge in [0.2, 0.25) is 0 Å². The predicted molar refractivity (Wildman–Crippen MR) is 74.5 cm³/mol. The van der Waals surface area contributed by atoms with Gasteiger partial charge in [-0.3, -0.25) is 19.3 Å². The molecule has 1 aliphatic heterocycles. The van der Waals surface area contributed by atoms with Gasteiger partial charge in [-0.2, -0.15) is 0 Å². The summed E-state index contributed by atoms with van der Waals surface area (Å²) in [5, 5.41) is 8.08. The van der Waals surface area contributed by atoms with Gasteiger partial charge < -0.3 is 5.11 Å². The number of nitrogens with zero attached hydrogens (tertiary/aromatic N) is 1. The SMILES string of the molecule is O=C(O)CN1C(=O)S/C(=C/c2ccccc2Br)C1=O. The molecule has 0 saturated carbocycles. The molecular formula is C12H8BrNO4S. The molecule has 0 unspecified atom stereocenters. The summed E-state index contributed by atoms with van der Waals surface area (Å²) in [6, 6.07) is 7.23. The van der Waals surface area contributed by atoms with Crippen LogP contribution in [0.25, 0.3) is 6.08 Å². The van der Waals surface area contributed by atoms with E-state index < -0.39 is 23.7 Å². The van der Waals surface area contributed by atoms with E-state index in [1.807, 2.05) is 12.1 Å². The molecule has 1 fully saturated rings. The van der Waals surface area contributed by atoms with Crippen LogP contribution < -0.4 is 0 Å². The van der Waals surface area contributed by atoms with E-state index >= 15 is 0 Å². The van der Waals surface area contributed by atoms with Gasteiger partial charge in [-0.25, -0.2) is 0 Å². The minimum absolute atomic E-state index is 0.221. The second-order valence-corrected chi connectivity index (χ2v) is 5.53. The molecule has 0 aromatic heterocycles. The Morgan fingerprint density at radius 1 is 1.37 bits per heavy atom. The maximum Gasteiger partial charge on any atom is 0.323 e. The molecular weight excluding hydrogens is 334 g/mol. The summed E-state index contributed by atoms with van der Waals surface area (Å²) in [4.78, 5) is 35.0. The number of thioether (sulfide) groups is 1. The number of amides is 2. The van der Waals surface area contributed by atoms with Crippen molar-refractivity contribution in [2.75, 3.05) is 6.54 Å². The minimum atomic E-state index is -1.22. The largest absolute Gasteiger partial charge is 0.480 e. The van der Waals surface area contributed by atoms with Gasteiger partial charge in [0.1, 0.15) is 6.54 Å². The molecule has 0 aliphatic carbocycles. The van der Waals surface area contributed by atoms with Crippen LogP contribution in [0.5, 0.6) is 0 Å². The number of hydrogen-bond acceptors (Lipinski definition) is 4. The fraction of sp³-hybridized carbons (Fsp3) is 0.0833. The summed E-state index contributed by atoms with van der Waals surface area (Å²) in [6.07, 6.45) is 1.57. The van der Waals surface area contributed by atoms with Crippen LogP contribution in [0.3, 0.4) is 0 Å². The quantitative estimate of drug-likeness (QED) is 0.855. The van der Waals surface area contributed by atoms with Crippen molar-refractivity contribution in [1.82, 2.24) is 4.90 Å². The Kier molecular flexibility index (Phi) is 4.06. The first kappa shape index (κ1) is 13.8. The van der Waals surface area contributed by atoms with Crippen molar-refractivity contribution in [3.8, 4) is 0 Å². The summed E-state index contributed by atoms with van der Waals surface area (Å²) < 4.78 is 0.792. The number of aliphatic carboxylic acids is 1. The standard InChI is InChI=1S/C12H8BrNO4S/c13-8-4-2-1-3-7(8)5-9-11(17)14(6-10(15)16)12(18)19-9/h1-5H,6H2,(H,15,16)/b9-5+. The Hall–Kier alpha value is -1.60. The normalized spacial score (nSPS) is 17.3. The molecule has 1 aliphatic rings. The summed E-state index contributed by atoms with van der Waals surface area (Å²) in [7, 11) is 0. The molecule has 0 spiro atoms. The second-order valence-electron chi connectivity index (χ2n) is 3.68. The first-order valence-corrected chi connectivity index (χ1v) is 6.81. The molecule has 1 aromatic rings. The molecule has 98 valence electrons. The molecule has 1 saturated heterocycles. The van der Waals surface area contributed by atoms with Crippen molar-refractivity contribution < 1.29 is 19.5 Å². The van der Waals surface area contributed by atoms with E-state index in [-0.39, 0.29) is 4.91 Å². The van der Waals surface area contributed by atoms with Gasteiger partial charge in [-0.05, 0) is 29.5 Å². The summed E-state index contributed by atoms with van der Waals surface area (Å²) in [6.45, 7) is -0.613. The number of hydrogen-bond donors (Lipinski definition) is 1. The highest BCUT2D eigenvalue weighted by atomic mass is 79.9. The van der Waals surface area contributed by atoms with E-state index in [4.69, 9.17) is 5.11 Å². The molecule has 1 aromatic carbocycles. The Bertz CT molecular complexity index is 599. The van der Waals surface area contributed by atoms with Crippen LogP contribution in [-0.4, -0.2) is 33.7 Å². The molecule has 1 heterocycles. The zero-order chi connectivity index (χ0) is 14.0. The number of imide groups is 1. The van der Waals surface area contributed by atoms with Crippen molar-refractivity contribution in [3.05, 3.63) is 39.2 Å². The third kappa shape index (κ3) is 3.05. The van der Waals surface area contributed by atoms with Crippen LogP contribution in [0.4, 0.5) is 4.79 Å². The fourth-order valence-electron chi connectivity index (χ4n) is 1.50. The molecule has 5 nitrogen and oxygen atoms in total. The van der Waals surface area contributed by atoms with Crippen molar-refractivity contribution in [2.45, 2.75) is 0 Å². The topological polar surface area (TPSA) is 74.7 Å². The number of carbonyl (C=O) groups is 3. The van der Waals surface area contributed by atoms with Crippen molar-refractivity contribution in [1.29, 1.82) is 0 Å². The lowest BCUT2D eigenvalue weighted by molar-refractivity contribution is -0.140. The highest BCUT2D eigenvalue weighted by Crippen LogP contribution is 2.33. The lowest BCUT2D eigenvalue weighted by atomic mass is 10.2. The third-order valence-corrected chi connectivity index (χ3v) is 3.99. The maximum atomic E-state index is 11.9. The van der Waals surface area contributed by atoms with E-state index in [2.05, 4.69) is 15.9 Å². The van der Waals surface area contributed by atoms with Crippen LogP contribution in [0.15, 0.2) is 33.6 Å². The van der Waals surface area contributed by atoms with Gasteiger partial charge in [0.15, 0.2) is 0 Å². The minimum Gasteiger partial charge on any atom is -0.480 e. The summed E-state index contributed by atoms with van der Waals surface area (Å²) in [5.74, 6) is -1.79. The zero-order valence-corrected chi connectivity index (χ0v) is 11.9. The lowest BCUT2D eigenvalue weighted by Crippen LogP contribution is -2.33. The van der Waals surface area contributed by atoms with Crippen molar-refractivity contribution in [3.63, 3.8) is 0 Å². The van der Waals surface area contributed by atoms with Gasteiger partial charge in [0.25, 0.3) is 11.1 Å². The van der Waals surface area contributed by atoms with E-state index in [9.17, 15) is 14.4 Å². The number of benzene rings is 1. The Balaban J connectivity index is 2.28. The maximum absolute atomic E-state index is 11.9. The molecule has 1 N–H and O–H groups in total. The smallest absolute Gasteiger partial charge is 0.323 e. The summed E-state index contributed by atoms with van der Waals surface area (Å²) in [5.41, 5.74) is 0.753. The summed E-state index contributed by atoms with van der Waals surface area (Å²) >= 11 is 4.08. The Morgan fingerprint density at radius 3 is 2.68 bits per heavy atom. The highest BCUT2D eigenvalue weighted by Gasteiger charge is 2.36.